The Morgan fingerprint density at radius 2 is 1.92 bits per heavy atom. The summed E-state index contributed by atoms with van der Waals surface area (Å²) in [7, 11) is 1.57. The van der Waals surface area contributed by atoms with Gasteiger partial charge in [-0.1, -0.05) is 12.1 Å². The zero-order valence-corrected chi connectivity index (χ0v) is 6.83. The van der Waals surface area contributed by atoms with Gasteiger partial charge in [-0.2, -0.15) is 0 Å². The Labute approximate surface area is 71.0 Å². The molecule has 0 aliphatic carbocycles. The molecule has 1 amide bonds. The molecule has 1 rings (SSSR count). The van der Waals surface area contributed by atoms with Gasteiger partial charge in [0.2, 0.25) is 0 Å². The normalized spacial score (nSPS) is 9.50. The van der Waals surface area contributed by atoms with Gasteiger partial charge in [0.05, 0.1) is 0 Å². The second-order valence-electron chi connectivity index (χ2n) is 2.42. The Kier molecular flexibility index (Phi) is 2.82. The summed E-state index contributed by atoms with van der Waals surface area (Å²) in [5.41, 5.74) is 1.28. The number of carbonyl (C=O) groups excluding carboxylic acids is 1. The largest absolute Gasteiger partial charge is 0.355 e. The lowest BCUT2D eigenvalue weighted by Crippen LogP contribution is -2.17. The van der Waals surface area contributed by atoms with E-state index in [-0.39, 0.29) is 12.5 Å². The third kappa shape index (κ3) is 1.83. The zero-order chi connectivity index (χ0) is 8.97. The van der Waals surface area contributed by atoms with Gasteiger partial charge in [0.25, 0.3) is 5.91 Å². The maximum Gasteiger partial charge on any atom is 0.251 e. The molecule has 0 aliphatic heterocycles. The van der Waals surface area contributed by atoms with E-state index in [1.165, 1.54) is 0 Å². The third-order valence-corrected chi connectivity index (χ3v) is 1.61. The highest BCUT2D eigenvalue weighted by atomic mass is 16.3. The van der Waals surface area contributed by atoms with Crippen molar-refractivity contribution in [3.63, 3.8) is 0 Å². The summed E-state index contributed by atoms with van der Waals surface area (Å²) < 4.78 is 0. The smallest absolute Gasteiger partial charge is 0.251 e. The molecular weight excluding hydrogens is 154 g/mol. The number of benzene rings is 1. The van der Waals surface area contributed by atoms with Gasteiger partial charge in [-0.15, -0.1) is 0 Å². The van der Waals surface area contributed by atoms with E-state index in [4.69, 9.17) is 0 Å². The highest BCUT2D eigenvalue weighted by Gasteiger charge is 2.00. The molecular formula is C9H10NO2. The number of nitrogens with one attached hydrogen (secondary N) is 1. The summed E-state index contributed by atoms with van der Waals surface area (Å²) in [6, 6.07) is 6.62. The number of rotatable bonds is 2. The quantitative estimate of drug-likeness (QED) is 0.695. The fourth-order valence-electron chi connectivity index (χ4n) is 0.897. The average Bonchev–Trinajstić information content (AvgIpc) is 2.17. The Morgan fingerprint density at radius 1 is 1.33 bits per heavy atom. The van der Waals surface area contributed by atoms with E-state index in [0.29, 0.717) is 11.1 Å². The van der Waals surface area contributed by atoms with Gasteiger partial charge >= 0.3 is 0 Å². The molecule has 63 valence electrons. The minimum absolute atomic E-state index is 0.132. The summed E-state index contributed by atoms with van der Waals surface area (Å²) in [5.74, 6) is -0.132. The van der Waals surface area contributed by atoms with Crippen molar-refractivity contribution in [1.29, 1.82) is 0 Å². The van der Waals surface area contributed by atoms with Crippen molar-refractivity contribution in [2.24, 2.45) is 0 Å². The maximum absolute atomic E-state index is 11.0. The Hall–Kier alpha value is -1.35. The van der Waals surface area contributed by atoms with Crippen LogP contribution < -0.4 is 5.32 Å². The standard InChI is InChI=1S/C9H10NO2/c1-10-9(12)8-4-2-7(6-11)3-5-8/h2-5H,6H2,1H3,(H,10,12). The predicted molar refractivity (Wildman–Crippen MR) is 44.2 cm³/mol. The van der Waals surface area contributed by atoms with Crippen LogP contribution in [0.1, 0.15) is 15.9 Å². The van der Waals surface area contributed by atoms with Gasteiger partial charge in [0.15, 0.2) is 0 Å². The lowest BCUT2D eigenvalue weighted by molar-refractivity contribution is 0.0963. The van der Waals surface area contributed by atoms with Gasteiger partial charge in [0, 0.05) is 12.6 Å². The second kappa shape index (κ2) is 3.88. The van der Waals surface area contributed by atoms with E-state index < -0.39 is 0 Å². The SMILES string of the molecule is CNC(=O)c1ccc(C[O])cc1. The number of amides is 1. The molecule has 3 nitrogen and oxygen atoms in total. The van der Waals surface area contributed by atoms with Crippen LogP contribution >= 0.6 is 0 Å². The third-order valence-electron chi connectivity index (χ3n) is 1.61. The van der Waals surface area contributed by atoms with Crippen LogP contribution in [0, 0.1) is 0 Å². The van der Waals surface area contributed by atoms with E-state index >= 15 is 0 Å². The molecule has 0 spiro atoms. The van der Waals surface area contributed by atoms with Gasteiger partial charge in [0.1, 0.15) is 6.61 Å². The van der Waals surface area contributed by atoms with Gasteiger partial charge in [-0.05, 0) is 17.7 Å². The molecule has 0 heterocycles. The van der Waals surface area contributed by atoms with Crippen LogP contribution in [0.4, 0.5) is 0 Å². The topological polar surface area (TPSA) is 49.0 Å². The van der Waals surface area contributed by atoms with Gasteiger partial charge in [-0.25, -0.2) is 5.11 Å². The van der Waals surface area contributed by atoms with Crippen molar-refractivity contribution in [2.45, 2.75) is 6.61 Å². The second-order valence-corrected chi connectivity index (χ2v) is 2.42. The molecule has 3 heteroatoms. The lowest BCUT2D eigenvalue weighted by Gasteiger charge is -1.99. The molecule has 1 radical (unpaired) electrons. The lowest BCUT2D eigenvalue weighted by atomic mass is 10.1. The number of hydrogen-bond donors (Lipinski definition) is 1. The van der Waals surface area contributed by atoms with Crippen LogP contribution in [-0.2, 0) is 11.7 Å². The monoisotopic (exact) mass is 164 g/mol. The first-order chi connectivity index (χ1) is 5.77. The van der Waals surface area contributed by atoms with Crippen molar-refractivity contribution in [1.82, 2.24) is 5.32 Å². The van der Waals surface area contributed by atoms with E-state index in [1.807, 2.05) is 0 Å². The van der Waals surface area contributed by atoms with Crippen molar-refractivity contribution < 1.29 is 9.90 Å². The molecule has 0 bridgehead atoms. The van der Waals surface area contributed by atoms with E-state index in [0.717, 1.165) is 0 Å². The Balaban J connectivity index is 2.84. The van der Waals surface area contributed by atoms with Crippen LogP contribution in [-0.4, -0.2) is 13.0 Å². The minimum atomic E-state index is -0.242. The highest BCUT2D eigenvalue weighted by molar-refractivity contribution is 5.93. The Morgan fingerprint density at radius 3 is 2.33 bits per heavy atom. The van der Waals surface area contributed by atoms with Gasteiger partial charge < -0.3 is 5.32 Å². The molecule has 1 N–H and O–H groups in total. The van der Waals surface area contributed by atoms with Crippen LogP contribution in [0.3, 0.4) is 0 Å². The first-order valence-corrected chi connectivity index (χ1v) is 3.67. The fraction of sp³-hybridized carbons (Fsp3) is 0.222. The zero-order valence-electron chi connectivity index (χ0n) is 6.83. The van der Waals surface area contributed by atoms with Crippen molar-refractivity contribution in [3.8, 4) is 0 Å². The summed E-state index contributed by atoms with van der Waals surface area (Å²) in [5, 5.41) is 12.9. The highest BCUT2D eigenvalue weighted by Crippen LogP contribution is 2.03. The van der Waals surface area contributed by atoms with Crippen molar-refractivity contribution >= 4 is 5.91 Å². The van der Waals surface area contributed by atoms with Crippen LogP contribution in [0.15, 0.2) is 24.3 Å². The average molecular weight is 164 g/mol. The van der Waals surface area contributed by atoms with Crippen LogP contribution in [0.5, 0.6) is 0 Å². The van der Waals surface area contributed by atoms with Crippen molar-refractivity contribution in [2.75, 3.05) is 7.05 Å². The molecule has 1 aromatic rings. The minimum Gasteiger partial charge on any atom is -0.355 e. The summed E-state index contributed by atoms with van der Waals surface area (Å²) in [6.07, 6.45) is 0. The molecule has 0 unspecified atom stereocenters. The maximum atomic E-state index is 11.0. The first kappa shape index (κ1) is 8.74. The van der Waals surface area contributed by atoms with E-state index in [9.17, 15) is 9.90 Å². The van der Waals surface area contributed by atoms with Crippen LogP contribution in [0.25, 0.3) is 0 Å². The fourth-order valence-corrected chi connectivity index (χ4v) is 0.897. The summed E-state index contributed by atoms with van der Waals surface area (Å²) in [4.78, 5) is 11.0. The molecule has 0 fully saturated rings. The summed E-state index contributed by atoms with van der Waals surface area (Å²) in [6.45, 7) is -0.242. The summed E-state index contributed by atoms with van der Waals surface area (Å²) >= 11 is 0. The van der Waals surface area contributed by atoms with Crippen molar-refractivity contribution in [3.05, 3.63) is 35.4 Å². The first-order valence-electron chi connectivity index (χ1n) is 3.67. The number of hydrogen-bond acceptors (Lipinski definition) is 1. The van der Waals surface area contributed by atoms with E-state index in [1.54, 1.807) is 31.3 Å². The molecule has 0 saturated carbocycles. The van der Waals surface area contributed by atoms with E-state index in [2.05, 4.69) is 5.32 Å². The molecule has 0 aromatic heterocycles. The molecule has 12 heavy (non-hydrogen) atoms. The Bertz CT molecular complexity index is 266. The molecule has 0 aliphatic rings. The van der Waals surface area contributed by atoms with Gasteiger partial charge in [-0.3, -0.25) is 4.79 Å². The molecule has 1 aromatic carbocycles. The predicted octanol–water partition coefficient (Wildman–Crippen LogP) is 0.977. The molecule has 0 saturated heterocycles. The molecule has 0 atom stereocenters. The number of carbonyl (C=O) groups is 1. The van der Waals surface area contributed by atoms with Crippen LogP contribution in [0.2, 0.25) is 0 Å².